The molecule has 2 aromatic rings. The van der Waals surface area contributed by atoms with Crippen molar-refractivity contribution in [3.05, 3.63) is 48.3 Å². The molecule has 0 aliphatic carbocycles. The number of nitrogens with zero attached hydrogens (tertiary/aromatic N) is 1. The van der Waals surface area contributed by atoms with Crippen molar-refractivity contribution in [3.63, 3.8) is 0 Å². The van der Waals surface area contributed by atoms with Gasteiger partial charge in [-0.3, -0.25) is 10.1 Å². The van der Waals surface area contributed by atoms with Crippen LogP contribution in [0.3, 0.4) is 0 Å². The molecule has 0 aliphatic rings. The molecule has 1 heterocycles. The van der Waals surface area contributed by atoms with Crippen molar-refractivity contribution < 1.29 is 4.79 Å². The smallest absolute Gasteiger partial charge is 0.302 e. The molecule has 0 saturated carbocycles. The maximum absolute atomic E-state index is 11.3. The van der Waals surface area contributed by atoms with Gasteiger partial charge in [0, 0.05) is 23.9 Å². The average Bonchev–Trinajstić information content (AvgIpc) is 2.81. The highest BCUT2D eigenvalue weighted by Crippen LogP contribution is 1.96. The third kappa shape index (κ3) is 2.72. The molecular weight excluding hydrogens is 202 g/mol. The van der Waals surface area contributed by atoms with Crippen molar-refractivity contribution in [1.29, 1.82) is 0 Å². The summed E-state index contributed by atoms with van der Waals surface area (Å²) in [6.45, 7) is 0. The second-order valence-electron chi connectivity index (χ2n) is 3.01. The van der Waals surface area contributed by atoms with Crippen molar-refractivity contribution >= 4 is 11.9 Å². The van der Waals surface area contributed by atoms with Crippen LogP contribution in [0.15, 0.2) is 42.7 Å². The van der Waals surface area contributed by atoms with Gasteiger partial charge in [-0.15, -0.1) is 0 Å². The molecule has 0 radical (unpaired) electrons. The van der Waals surface area contributed by atoms with E-state index in [1.54, 1.807) is 12.4 Å². The highest BCUT2D eigenvalue weighted by Gasteiger charge is 1.97. The minimum Gasteiger partial charge on any atom is -0.331 e. The summed E-state index contributed by atoms with van der Waals surface area (Å²) in [5.74, 6) is 5.24. The number of nitrogens with one attached hydrogen (secondary N) is 2. The van der Waals surface area contributed by atoms with Gasteiger partial charge in [-0.25, -0.2) is 4.98 Å². The average molecular weight is 211 g/mol. The van der Waals surface area contributed by atoms with Gasteiger partial charge in [-0.05, 0) is 12.1 Å². The highest BCUT2D eigenvalue weighted by atomic mass is 16.1. The van der Waals surface area contributed by atoms with E-state index in [0.717, 1.165) is 5.56 Å². The van der Waals surface area contributed by atoms with E-state index in [1.807, 2.05) is 30.3 Å². The van der Waals surface area contributed by atoms with E-state index in [1.165, 1.54) is 0 Å². The summed E-state index contributed by atoms with van der Waals surface area (Å²) >= 11 is 0. The number of aromatic amines is 1. The lowest BCUT2D eigenvalue weighted by atomic mass is 10.2. The summed E-state index contributed by atoms with van der Waals surface area (Å²) in [5, 5.41) is 2.51. The molecule has 0 fully saturated rings. The Hall–Kier alpha value is -2.54. The minimum atomic E-state index is -0.390. The Morgan fingerprint density at radius 2 is 2.12 bits per heavy atom. The Balaban J connectivity index is 2.01. The molecule has 0 aliphatic heterocycles. The second kappa shape index (κ2) is 4.80. The SMILES string of the molecule is O=C(C#Cc1ccccc1)Nc1ncc[nH]1. The van der Waals surface area contributed by atoms with Gasteiger partial charge in [0.05, 0.1) is 0 Å². The summed E-state index contributed by atoms with van der Waals surface area (Å²) in [7, 11) is 0. The Morgan fingerprint density at radius 3 is 2.81 bits per heavy atom. The summed E-state index contributed by atoms with van der Waals surface area (Å²) < 4.78 is 0. The number of hydrogen-bond acceptors (Lipinski definition) is 2. The Morgan fingerprint density at radius 1 is 1.31 bits per heavy atom. The molecule has 4 heteroatoms. The van der Waals surface area contributed by atoms with Crippen LogP contribution in [0.4, 0.5) is 5.95 Å². The minimum absolute atomic E-state index is 0.390. The van der Waals surface area contributed by atoms with Crippen LogP contribution in [-0.4, -0.2) is 15.9 Å². The maximum atomic E-state index is 11.3. The third-order valence-electron chi connectivity index (χ3n) is 1.82. The van der Waals surface area contributed by atoms with Gasteiger partial charge in [0.25, 0.3) is 0 Å². The number of imidazole rings is 1. The molecule has 0 unspecified atom stereocenters. The number of benzene rings is 1. The number of carbonyl (C=O) groups is 1. The van der Waals surface area contributed by atoms with Crippen molar-refractivity contribution in [3.8, 4) is 11.8 Å². The summed E-state index contributed by atoms with van der Waals surface area (Å²) in [4.78, 5) is 18.0. The van der Waals surface area contributed by atoms with Gasteiger partial charge in [0.2, 0.25) is 5.95 Å². The molecule has 0 bridgehead atoms. The Bertz CT molecular complexity index is 520. The zero-order valence-corrected chi connectivity index (χ0v) is 8.40. The molecule has 1 amide bonds. The van der Waals surface area contributed by atoms with Crippen molar-refractivity contribution in [2.24, 2.45) is 0 Å². The van der Waals surface area contributed by atoms with Crippen LogP contribution in [0.25, 0.3) is 0 Å². The van der Waals surface area contributed by atoms with Crippen molar-refractivity contribution in [2.45, 2.75) is 0 Å². The van der Waals surface area contributed by atoms with Gasteiger partial charge < -0.3 is 4.98 Å². The summed E-state index contributed by atoms with van der Waals surface area (Å²) in [6.07, 6.45) is 3.18. The fraction of sp³-hybridized carbons (Fsp3) is 0. The van der Waals surface area contributed by atoms with E-state index in [-0.39, 0.29) is 5.91 Å². The quantitative estimate of drug-likeness (QED) is 0.700. The van der Waals surface area contributed by atoms with Gasteiger partial charge in [0.1, 0.15) is 0 Å². The van der Waals surface area contributed by atoms with Crippen LogP contribution in [0.5, 0.6) is 0 Å². The van der Waals surface area contributed by atoms with Crippen LogP contribution in [-0.2, 0) is 4.79 Å². The first-order valence-corrected chi connectivity index (χ1v) is 4.72. The molecule has 0 saturated heterocycles. The largest absolute Gasteiger partial charge is 0.331 e. The number of aromatic nitrogens is 2. The molecule has 0 spiro atoms. The zero-order valence-electron chi connectivity index (χ0n) is 8.40. The first-order chi connectivity index (χ1) is 7.84. The molecule has 2 N–H and O–H groups in total. The topological polar surface area (TPSA) is 57.8 Å². The first-order valence-electron chi connectivity index (χ1n) is 4.72. The van der Waals surface area contributed by atoms with E-state index in [4.69, 9.17) is 0 Å². The number of carbonyl (C=O) groups excluding carboxylic acids is 1. The number of H-pyrrole nitrogens is 1. The Labute approximate surface area is 92.7 Å². The molecule has 16 heavy (non-hydrogen) atoms. The van der Waals surface area contributed by atoms with E-state index < -0.39 is 0 Å². The normalized spacial score (nSPS) is 9.00. The van der Waals surface area contributed by atoms with E-state index in [2.05, 4.69) is 27.1 Å². The second-order valence-corrected chi connectivity index (χ2v) is 3.01. The van der Waals surface area contributed by atoms with Gasteiger partial charge in [-0.2, -0.15) is 0 Å². The number of amides is 1. The van der Waals surface area contributed by atoms with Crippen molar-refractivity contribution in [1.82, 2.24) is 9.97 Å². The first kappa shape index (κ1) is 9.99. The number of rotatable bonds is 1. The molecule has 4 nitrogen and oxygen atoms in total. The van der Waals surface area contributed by atoms with Crippen molar-refractivity contribution in [2.75, 3.05) is 5.32 Å². The molecule has 0 atom stereocenters. The predicted octanol–water partition coefficient (Wildman–Crippen LogP) is 1.40. The van der Waals surface area contributed by atoms with Gasteiger partial charge in [0.15, 0.2) is 0 Å². The Kier molecular flexibility index (Phi) is 3.00. The van der Waals surface area contributed by atoms with Gasteiger partial charge >= 0.3 is 5.91 Å². The zero-order chi connectivity index (χ0) is 11.2. The lowest BCUT2D eigenvalue weighted by Gasteiger charge is -1.92. The molecule has 1 aromatic heterocycles. The number of anilines is 1. The fourth-order valence-electron chi connectivity index (χ4n) is 1.12. The summed E-state index contributed by atoms with van der Waals surface area (Å²) in [6, 6.07) is 9.32. The molecule has 78 valence electrons. The van der Waals surface area contributed by atoms with E-state index in [0.29, 0.717) is 5.95 Å². The summed E-state index contributed by atoms with van der Waals surface area (Å²) in [5.41, 5.74) is 0.803. The number of hydrogen-bond donors (Lipinski definition) is 2. The lowest BCUT2D eigenvalue weighted by molar-refractivity contribution is -0.111. The third-order valence-corrected chi connectivity index (χ3v) is 1.82. The van der Waals surface area contributed by atoms with Crippen LogP contribution in [0.1, 0.15) is 5.56 Å². The van der Waals surface area contributed by atoms with E-state index >= 15 is 0 Å². The molecule has 1 aromatic carbocycles. The standard InChI is InChI=1S/C12H9N3O/c16-11(15-12-13-8-9-14-12)7-6-10-4-2-1-3-5-10/h1-5,8-9H,(H2,13,14,15,16). The van der Waals surface area contributed by atoms with Crippen LogP contribution >= 0.6 is 0 Å². The van der Waals surface area contributed by atoms with E-state index in [9.17, 15) is 4.79 Å². The molecule has 2 rings (SSSR count). The van der Waals surface area contributed by atoms with Crippen LogP contribution in [0, 0.1) is 11.8 Å². The highest BCUT2D eigenvalue weighted by molar-refractivity contribution is 6.03. The molecular formula is C12H9N3O. The van der Waals surface area contributed by atoms with Crippen LogP contribution < -0.4 is 5.32 Å². The maximum Gasteiger partial charge on any atom is 0.302 e. The van der Waals surface area contributed by atoms with Crippen LogP contribution in [0.2, 0.25) is 0 Å². The van der Waals surface area contributed by atoms with Gasteiger partial charge in [-0.1, -0.05) is 24.1 Å². The predicted molar refractivity (Wildman–Crippen MR) is 60.5 cm³/mol. The monoisotopic (exact) mass is 211 g/mol. The lowest BCUT2D eigenvalue weighted by Crippen LogP contribution is -2.09. The fourth-order valence-corrected chi connectivity index (χ4v) is 1.12.